The highest BCUT2D eigenvalue weighted by molar-refractivity contribution is 4.97. The van der Waals surface area contributed by atoms with Crippen LogP contribution in [-0.4, -0.2) is 42.1 Å². The highest BCUT2D eigenvalue weighted by Crippen LogP contribution is 2.24. The predicted molar refractivity (Wildman–Crippen MR) is 88.5 cm³/mol. The van der Waals surface area contributed by atoms with Gasteiger partial charge >= 0.3 is 0 Å². The first-order valence-corrected chi connectivity index (χ1v) is 8.26. The Hall–Kier alpha value is -0.540. The van der Waals surface area contributed by atoms with Gasteiger partial charge in [0.05, 0.1) is 0 Å². The third-order valence-corrected chi connectivity index (χ3v) is 4.06. The molecule has 0 aromatic rings. The van der Waals surface area contributed by atoms with Crippen LogP contribution in [0.3, 0.4) is 0 Å². The van der Waals surface area contributed by atoms with Crippen LogP contribution in [0.2, 0.25) is 0 Å². The third kappa shape index (κ3) is 6.27. The summed E-state index contributed by atoms with van der Waals surface area (Å²) in [6, 6.07) is 0.677. The average Bonchev–Trinajstić information content (AvgIpc) is 2.34. The largest absolute Gasteiger partial charge is 0.374 e. The second-order valence-electron chi connectivity index (χ2n) is 7.33. The van der Waals surface area contributed by atoms with E-state index in [0.29, 0.717) is 11.5 Å². The number of hydrazine groups is 1. The Bertz CT molecular complexity index is 293. The SMILES string of the molecule is C=C(CC(C)(C)C)N(CC)CCNN1CCCCC1C. The van der Waals surface area contributed by atoms with Crippen molar-refractivity contribution in [3.05, 3.63) is 12.3 Å². The number of piperidine rings is 1. The van der Waals surface area contributed by atoms with Gasteiger partial charge in [-0.05, 0) is 38.5 Å². The summed E-state index contributed by atoms with van der Waals surface area (Å²) in [7, 11) is 0. The molecule has 1 saturated heterocycles. The van der Waals surface area contributed by atoms with Gasteiger partial charge in [0, 0.05) is 37.9 Å². The van der Waals surface area contributed by atoms with Crippen molar-refractivity contribution in [2.75, 3.05) is 26.2 Å². The molecule has 1 unspecified atom stereocenters. The molecule has 3 heteroatoms. The van der Waals surface area contributed by atoms with E-state index in [-0.39, 0.29) is 0 Å². The van der Waals surface area contributed by atoms with E-state index in [4.69, 9.17) is 0 Å². The van der Waals surface area contributed by atoms with Gasteiger partial charge in [0.25, 0.3) is 0 Å². The van der Waals surface area contributed by atoms with Gasteiger partial charge < -0.3 is 4.90 Å². The summed E-state index contributed by atoms with van der Waals surface area (Å²) in [6.45, 7) is 20.0. The molecular weight excluding hydrogens is 246 g/mol. The highest BCUT2D eigenvalue weighted by atomic mass is 15.5. The summed E-state index contributed by atoms with van der Waals surface area (Å²) < 4.78 is 0. The van der Waals surface area contributed by atoms with Gasteiger partial charge in [-0.15, -0.1) is 0 Å². The van der Waals surface area contributed by atoms with E-state index >= 15 is 0 Å². The molecule has 0 aliphatic carbocycles. The molecule has 20 heavy (non-hydrogen) atoms. The molecule has 0 saturated carbocycles. The molecule has 1 fully saturated rings. The van der Waals surface area contributed by atoms with Crippen molar-refractivity contribution in [3.63, 3.8) is 0 Å². The smallest absolute Gasteiger partial charge is 0.0314 e. The molecule has 3 nitrogen and oxygen atoms in total. The van der Waals surface area contributed by atoms with Crippen LogP contribution >= 0.6 is 0 Å². The molecule has 1 aliphatic rings. The zero-order valence-electron chi connectivity index (χ0n) is 14.3. The van der Waals surface area contributed by atoms with E-state index in [1.165, 1.54) is 31.5 Å². The number of likely N-dealkylation sites (N-methyl/N-ethyl adjacent to an activating group) is 1. The average molecular weight is 281 g/mol. The van der Waals surface area contributed by atoms with Crippen molar-refractivity contribution >= 4 is 0 Å². The highest BCUT2D eigenvalue weighted by Gasteiger charge is 2.18. The summed E-state index contributed by atoms with van der Waals surface area (Å²) in [5, 5.41) is 2.42. The van der Waals surface area contributed by atoms with Crippen LogP contribution in [0, 0.1) is 5.41 Å². The van der Waals surface area contributed by atoms with Gasteiger partial charge in [0.15, 0.2) is 0 Å². The van der Waals surface area contributed by atoms with Crippen molar-refractivity contribution < 1.29 is 0 Å². The lowest BCUT2D eigenvalue weighted by molar-refractivity contribution is 0.0923. The van der Waals surface area contributed by atoms with Gasteiger partial charge in [-0.25, -0.2) is 5.01 Å². The fourth-order valence-corrected chi connectivity index (χ4v) is 2.93. The summed E-state index contributed by atoms with van der Waals surface area (Å²) in [5.74, 6) is 0. The van der Waals surface area contributed by atoms with E-state index in [9.17, 15) is 0 Å². The van der Waals surface area contributed by atoms with E-state index in [1.807, 2.05) is 0 Å². The minimum atomic E-state index is 0.319. The van der Waals surface area contributed by atoms with Crippen LogP contribution in [0.4, 0.5) is 0 Å². The van der Waals surface area contributed by atoms with Crippen LogP contribution in [-0.2, 0) is 0 Å². The monoisotopic (exact) mass is 281 g/mol. The minimum absolute atomic E-state index is 0.319. The Kier molecular flexibility index (Phi) is 7.04. The fraction of sp³-hybridized carbons (Fsp3) is 0.882. The first kappa shape index (κ1) is 17.5. The maximum Gasteiger partial charge on any atom is 0.0314 e. The zero-order valence-corrected chi connectivity index (χ0v) is 14.3. The molecule has 0 aromatic carbocycles. The topological polar surface area (TPSA) is 18.5 Å². The third-order valence-electron chi connectivity index (χ3n) is 4.06. The van der Waals surface area contributed by atoms with Crippen molar-refractivity contribution in [2.24, 2.45) is 5.41 Å². The first-order chi connectivity index (χ1) is 9.33. The molecule has 1 rings (SSSR count). The van der Waals surface area contributed by atoms with E-state index in [2.05, 4.69) is 56.5 Å². The second kappa shape index (κ2) is 8.04. The number of nitrogens with one attached hydrogen (secondary N) is 1. The molecule has 0 radical (unpaired) electrons. The van der Waals surface area contributed by atoms with Crippen molar-refractivity contribution in [2.45, 2.75) is 66.3 Å². The molecule has 0 amide bonds. The number of nitrogens with zero attached hydrogens (tertiary/aromatic N) is 2. The predicted octanol–water partition coefficient (Wildman–Crippen LogP) is 3.64. The normalized spacial score (nSPS) is 20.9. The lowest BCUT2D eigenvalue weighted by Gasteiger charge is -2.35. The molecule has 1 aliphatic heterocycles. The van der Waals surface area contributed by atoms with Crippen molar-refractivity contribution in [1.82, 2.24) is 15.3 Å². The van der Waals surface area contributed by atoms with Gasteiger partial charge in [0.1, 0.15) is 0 Å². The molecule has 1 heterocycles. The van der Waals surface area contributed by atoms with Crippen LogP contribution in [0.15, 0.2) is 12.3 Å². The van der Waals surface area contributed by atoms with E-state index in [1.54, 1.807) is 0 Å². The molecule has 1 N–H and O–H groups in total. The Morgan fingerprint density at radius 3 is 2.60 bits per heavy atom. The van der Waals surface area contributed by atoms with Crippen LogP contribution in [0.1, 0.15) is 60.3 Å². The lowest BCUT2D eigenvalue weighted by Crippen LogP contribution is -2.49. The number of hydrogen-bond acceptors (Lipinski definition) is 3. The van der Waals surface area contributed by atoms with E-state index in [0.717, 1.165) is 26.1 Å². The summed E-state index contributed by atoms with van der Waals surface area (Å²) in [6.07, 6.45) is 5.09. The van der Waals surface area contributed by atoms with Crippen LogP contribution in [0.25, 0.3) is 0 Å². The number of hydrogen-bond donors (Lipinski definition) is 1. The minimum Gasteiger partial charge on any atom is -0.374 e. The summed E-state index contributed by atoms with van der Waals surface area (Å²) >= 11 is 0. The Morgan fingerprint density at radius 2 is 2.05 bits per heavy atom. The van der Waals surface area contributed by atoms with E-state index < -0.39 is 0 Å². The molecule has 0 spiro atoms. The number of rotatable bonds is 7. The van der Waals surface area contributed by atoms with Crippen LogP contribution < -0.4 is 5.43 Å². The first-order valence-electron chi connectivity index (χ1n) is 8.26. The Labute approximate surface area is 126 Å². The molecular formula is C17H35N3. The van der Waals surface area contributed by atoms with Gasteiger partial charge in [-0.1, -0.05) is 33.8 Å². The Balaban J connectivity index is 2.32. The quantitative estimate of drug-likeness (QED) is 0.768. The Morgan fingerprint density at radius 1 is 1.35 bits per heavy atom. The molecule has 118 valence electrons. The second-order valence-corrected chi connectivity index (χ2v) is 7.33. The van der Waals surface area contributed by atoms with Gasteiger partial charge in [0.2, 0.25) is 0 Å². The molecule has 0 bridgehead atoms. The maximum atomic E-state index is 4.28. The lowest BCUT2D eigenvalue weighted by atomic mass is 9.90. The zero-order chi connectivity index (χ0) is 15.2. The van der Waals surface area contributed by atoms with Crippen molar-refractivity contribution in [3.8, 4) is 0 Å². The summed E-state index contributed by atoms with van der Waals surface area (Å²) in [4.78, 5) is 2.41. The standard InChI is InChI=1S/C17H35N3/c1-7-19(16(3)14-17(4,5)6)13-11-18-20-12-9-8-10-15(20)2/h15,18H,3,7-14H2,1-2,4-6H3. The van der Waals surface area contributed by atoms with Crippen molar-refractivity contribution in [1.29, 1.82) is 0 Å². The fourth-order valence-electron chi connectivity index (χ4n) is 2.93. The van der Waals surface area contributed by atoms with Crippen LogP contribution in [0.5, 0.6) is 0 Å². The molecule has 1 atom stereocenters. The van der Waals surface area contributed by atoms with Gasteiger partial charge in [-0.3, -0.25) is 5.43 Å². The molecule has 0 aromatic heterocycles. The van der Waals surface area contributed by atoms with Gasteiger partial charge in [-0.2, -0.15) is 0 Å². The summed E-state index contributed by atoms with van der Waals surface area (Å²) in [5.41, 5.74) is 5.19. The maximum absolute atomic E-state index is 4.28. The number of allylic oxidation sites excluding steroid dienone is 1.